The quantitative estimate of drug-likeness (QED) is 0.233. The van der Waals surface area contributed by atoms with Gasteiger partial charge in [0.2, 0.25) is 0 Å². The van der Waals surface area contributed by atoms with E-state index in [2.05, 4.69) is 0 Å². The second-order valence-corrected chi connectivity index (χ2v) is 2.86. The fourth-order valence-corrected chi connectivity index (χ4v) is 1.10. The van der Waals surface area contributed by atoms with Gasteiger partial charge in [0, 0.05) is 19.6 Å². The van der Waals surface area contributed by atoms with Crippen molar-refractivity contribution in [3.8, 4) is 0 Å². The topological polar surface area (TPSA) is 159 Å². The van der Waals surface area contributed by atoms with Gasteiger partial charge in [-0.2, -0.15) is 0 Å². The molecule has 0 aromatic rings. The van der Waals surface area contributed by atoms with E-state index in [1.165, 1.54) is 0 Å². The molecule has 12 N–H and O–H groups in total. The largest absolute Gasteiger partial charge is 0.328 e. The van der Waals surface area contributed by atoms with Crippen LogP contribution in [0.25, 0.3) is 0 Å². The van der Waals surface area contributed by atoms with Crippen LogP contribution in [0.1, 0.15) is 0 Å². The Morgan fingerprint density at radius 2 is 0.923 bits per heavy atom. The summed E-state index contributed by atoms with van der Waals surface area (Å²) in [5.41, 5.74) is 33.3. The van der Waals surface area contributed by atoms with Crippen LogP contribution in [0.5, 0.6) is 0 Å². The Hall–Kier alpha value is -0.280. The molecule has 0 saturated heterocycles. The zero-order valence-corrected chi connectivity index (χ0v) is 7.76. The van der Waals surface area contributed by atoms with Crippen LogP contribution in [0, 0.1) is 0 Å². The Labute approximate surface area is 78.4 Å². The van der Waals surface area contributed by atoms with E-state index in [1.54, 1.807) is 4.90 Å². The number of nitrogens with two attached hydrogens (primary N) is 6. The molecule has 0 amide bonds. The molecule has 0 fully saturated rings. The molecular weight excluding hydrogens is 170 g/mol. The number of hydrogen-bond acceptors (Lipinski definition) is 7. The van der Waals surface area contributed by atoms with Crippen LogP contribution in [-0.2, 0) is 0 Å². The number of rotatable bonds is 6. The maximum absolute atomic E-state index is 5.70. The third-order valence-corrected chi connectivity index (χ3v) is 1.87. The molecule has 0 aromatic heterocycles. The van der Waals surface area contributed by atoms with Crippen LogP contribution in [0.15, 0.2) is 0 Å². The molecule has 0 aliphatic heterocycles. The minimum atomic E-state index is -0.405. The SMILES string of the molecule is NCC(N)N(C(N)CN)C(N)CN. The maximum Gasteiger partial charge on any atom is 0.0725 e. The minimum Gasteiger partial charge on any atom is -0.328 e. The fraction of sp³-hybridized carbons (Fsp3) is 1.00. The molecule has 0 saturated carbocycles. The molecule has 13 heavy (non-hydrogen) atoms. The highest BCUT2D eigenvalue weighted by Gasteiger charge is 2.23. The van der Waals surface area contributed by atoms with E-state index < -0.39 is 18.5 Å². The van der Waals surface area contributed by atoms with Gasteiger partial charge < -0.3 is 34.4 Å². The van der Waals surface area contributed by atoms with Gasteiger partial charge >= 0.3 is 0 Å². The highest BCUT2D eigenvalue weighted by molar-refractivity contribution is 4.78. The Bertz CT molecular complexity index is 106. The monoisotopic (exact) mass is 191 g/mol. The molecule has 0 heterocycles. The first-order valence-corrected chi connectivity index (χ1v) is 4.22. The van der Waals surface area contributed by atoms with E-state index in [-0.39, 0.29) is 19.6 Å². The standard InChI is InChI=1S/C6H21N7/c7-1-4(10)13(5(11)2-8)6(12)3-9/h4-6H,1-3,7-12H2. The minimum absolute atomic E-state index is 0.265. The van der Waals surface area contributed by atoms with Crippen molar-refractivity contribution in [2.24, 2.45) is 34.4 Å². The van der Waals surface area contributed by atoms with Crippen LogP contribution in [0.3, 0.4) is 0 Å². The zero-order chi connectivity index (χ0) is 10.4. The van der Waals surface area contributed by atoms with Crippen molar-refractivity contribution in [1.82, 2.24) is 4.90 Å². The average molecular weight is 191 g/mol. The molecule has 0 bridgehead atoms. The van der Waals surface area contributed by atoms with E-state index in [4.69, 9.17) is 34.4 Å². The van der Waals surface area contributed by atoms with Crippen molar-refractivity contribution in [3.05, 3.63) is 0 Å². The van der Waals surface area contributed by atoms with Crippen LogP contribution in [0.2, 0.25) is 0 Å². The molecule has 0 aliphatic rings. The zero-order valence-electron chi connectivity index (χ0n) is 7.76. The second-order valence-electron chi connectivity index (χ2n) is 2.86. The van der Waals surface area contributed by atoms with Gasteiger partial charge in [-0.3, -0.25) is 4.90 Å². The first-order valence-electron chi connectivity index (χ1n) is 4.22. The van der Waals surface area contributed by atoms with Crippen LogP contribution in [-0.4, -0.2) is 43.0 Å². The van der Waals surface area contributed by atoms with Crippen LogP contribution in [0.4, 0.5) is 0 Å². The Balaban J connectivity index is 4.34. The summed E-state index contributed by atoms with van der Waals surface area (Å²) >= 11 is 0. The molecule has 3 unspecified atom stereocenters. The van der Waals surface area contributed by atoms with E-state index in [0.29, 0.717) is 0 Å². The van der Waals surface area contributed by atoms with Crippen molar-refractivity contribution in [2.75, 3.05) is 19.6 Å². The first-order chi connectivity index (χ1) is 6.08. The summed E-state index contributed by atoms with van der Waals surface area (Å²) in [5, 5.41) is 0. The normalized spacial score (nSPS) is 18.7. The lowest BCUT2D eigenvalue weighted by molar-refractivity contribution is 0.0960. The predicted octanol–water partition coefficient (Wildman–Crippen LogP) is -3.98. The van der Waals surface area contributed by atoms with Crippen LogP contribution >= 0.6 is 0 Å². The molecule has 7 nitrogen and oxygen atoms in total. The van der Waals surface area contributed by atoms with Crippen molar-refractivity contribution in [1.29, 1.82) is 0 Å². The molecule has 0 spiro atoms. The summed E-state index contributed by atoms with van der Waals surface area (Å²) in [4.78, 5) is 1.62. The lowest BCUT2D eigenvalue weighted by atomic mass is 10.3. The Morgan fingerprint density at radius 1 is 0.692 bits per heavy atom. The molecule has 0 aromatic carbocycles. The van der Waals surface area contributed by atoms with E-state index in [9.17, 15) is 0 Å². The molecule has 3 atom stereocenters. The van der Waals surface area contributed by atoms with Gasteiger partial charge in [-0.05, 0) is 0 Å². The highest BCUT2D eigenvalue weighted by atomic mass is 15.4. The predicted molar refractivity (Wildman–Crippen MR) is 52.9 cm³/mol. The maximum atomic E-state index is 5.70. The van der Waals surface area contributed by atoms with E-state index >= 15 is 0 Å². The molecule has 0 rings (SSSR count). The van der Waals surface area contributed by atoms with Gasteiger partial charge in [-0.1, -0.05) is 0 Å². The highest BCUT2D eigenvalue weighted by Crippen LogP contribution is 1.98. The average Bonchev–Trinajstić information content (AvgIpc) is 2.16. The lowest BCUT2D eigenvalue weighted by Gasteiger charge is -2.36. The van der Waals surface area contributed by atoms with E-state index in [1.807, 2.05) is 0 Å². The third kappa shape index (κ3) is 3.53. The first kappa shape index (κ1) is 12.7. The van der Waals surface area contributed by atoms with Crippen molar-refractivity contribution in [3.63, 3.8) is 0 Å². The van der Waals surface area contributed by atoms with Gasteiger partial charge in [0.05, 0.1) is 18.5 Å². The molecule has 0 aliphatic carbocycles. The third-order valence-electron chi connectivity index (χ3n) is 1.87. The molecular formula is C6H21N7. The second kappa shape index (κ2) is 6.22. The van der Waals surface area contributed by atoms with Crippen molar-refractivity contribution >= 4 is 0 Å². The summed E-state index contributed by atoms with van der Waals surface area (Å²) in [6, 6.07) is 0. The van der Waals surface area contributed by atoms with Crippen molar-refractivity contribution < 1.29 is 0 Å². The summed E-state index contributed by atoms with van der Waals surface area (Å²) in [7, 11) is 0. The van der Waals surface area contributed by atoms with Crippen molar-refractivity contribution in [2.45, 2.75) is 18.5 Å². The molecule has 80 valence electrons. The van der Waals surface area contributed by atoms with Gasteiger partial charge in [0.25, 0.3) is 0 Å². The Kier molecular flexibility index (Phi) is 6.08. The van der Waals surface area contributed by atoms with Gasteiger partial charge in [0.15, 0.2) is 0 Å². The fourth-order valence-electron chi connectivity index (χ4n) is 1.10. The molecule has 7 heteroatoms. The number of hydrogen-bond donors (Lipinski definition) is 6. The Morgan fingerprint density at radius 3 is 1.08 bits per heavy atom. The summed E-state index contributed by atoms with van der Waals surface area (Å²) < 4.78 is 0. The summed E-state index contributed by atoms with van der Waals surface area (Å²) in [6.07, 6.45) is -1.22. The smallest absolute Gasteiger partial charge is 0.0725 e. The summed E-state index contributed by atoms with van der Waals surface area (Å²) in [5.74, 6) is 0. The van der Waals surface area contributed by atoms with Crippen LogP contribution < -0.4 is 34.4 Å². The van der Waals surface area contributed by atoms with Gasteiger partial charge in [0.1, 0.15) is 0 Å². The lowest BCUT2D eigenvalue weighted by Crippen LogP contribution is -2.65. The van der Waals surface area contributed by atoms with Gasteiger partial charge in [-0.25, -0.2) is 0 Å². The van der Waals surface area contributed by atoms with Gasteiger partial charge in [-0.15, -0.1) is 0 Å². The van der Waals surface area contributed by atoms with E-state index in [0.717, 1.165) is 0 Å². The number of nitrogens with zero attached hydrogens (tertiary/aromatic N) is 1. The molecule has 0 radical (unpaired) electrons. The summed E-state index contributed by atoms with van der Waals surface area (Å²) in [6.45, 7) is 0.796.